The molecule has 0 unspecified atom stereocenters. The van der Waals surface area contributed by atoms with Gasteiger partial charge in [-0.1, -0.05) is 49.9 Å². The quantitative estimate of drug-likeness (QED) is 0.668. The number of rotatable bonds is 5. The molecule has 2 N–H and O–H groups in total. The Labute approximate surface area is 184 Å². The molecule has 0 saturated heterocycles. The average Bonchev–Trinajstić information content (AvgIpc) is 2.73. The highest BCUT2D eigenvalue weighted by Crippen LogP contribution is 2.53. The number of aliphatic hydroxyl groups excluding tert-OH is 1. The van der Waals surface area contributed by atoms with E-state index in [1.165, 1.54) is 16.0 Å². The van der Waals surface area contributed by atoms with Crippen molar-refractivity contribution in [3.05, 3.63) is 53.1 Å². The van der Waals surface area contributed by atoms with Gasteiger partial charge in [0.25, 0.3) is 0 Å². The molecule has 0 aromatic heterocycles. The van der Waals surface area contributed by atoms with Crippen molar-refractivity contribution in [2.75, 3.05) is 0 Å². The summed E-state index contributed by atoms with van der Waals surface area (Å²) in [5.74, 6) is 0. The number of aliphatic hydroxyl groups is 1. The van der Waals surface area contributed by atoms with Crippen LogP contribution in [-0.2, 0) is 15.4 Å². The van der Waals surface area contributed by atoms with Gasteiger partial charge in [-0.05, 0) is 74.3 Å². The van der Waals surface area contributed by atoms with Crippen LogP contribution in [-0.4, -0.2) is 25.7 Å². The maximum Gasteiger partial charge on any atom is 0.241 e. The van der Waals surface area contributed by atoms with Crippen molar-refractivity contribution in [3.8, 4) is 0 Å². The standard InChI is InChI=1S/C24H31NO3S2/c1-4-24(5-2)19-8-6-7-9-21(19)29-22-15-23(16(3)14-20(22)24)30(27,28)25-17-10-12-18(26)13-11-17/h6-9,14-15,17-18,25-26H,4-5,10-13H2,1-3H3. The Hall–Kier alpha value is -1.34. The van der Waals surface area contributed by atoms with E-state index >= 15 is 0 Å². The van der Waals surface area contributed by atoms with E-state index in [1.807, 2.05) is 13.0 Å². The molecule has 0 amide bonds. The summed E-state index contributed by atoms with van der Waals surface area (Å²) < 4.78 is 29.4. The molecule has 1 saturated carbocycles. The Morgan fingerprint density at radius 1 is 1.03 bits per heavy atom. The summed E-state index contributed by atoms with van der Waals surface area (Å²) in [5.41, 5.74) is 3.30. The molecule has 0 atom stereocenters. The molecular formula is C24H31NO3S2. The maximum absolute atomic E-state index is 13.3. The van der Waals surface area contributed by atoms with Crippen LogP contribution in [0.15, 0.2) is 51.1 Å². The van der Waals surface area contributed by atoms with Crippen molar-refractivity contribution in [1.82, 2.24) is 4.72 Å². The van der Waals surface area contributed by atoms with E-state index < -0.39 is 10.0 Å². The van der Waals surface area contributed by atoms with Crippen LogP contribution in [0, 0.1) is 6.92 Å². The minimum atomic E-state index is -3.61. The molecule has 0 radical (unpaired) electrons. The van der Waals surface area contributed by atoms with Crippen LogP contribution in [0.2, 0.25) is 0 Å². The topological polar surface area (TPSA) is 66.4 Å². The van der Waals surface area contributed by atoms with E-state index in [2.05, 4.69) is 48.9 Å². The van der Waals surface area contributed by atoms with E-state index in [0.29, 0.717) is 30.6 Å². The van der Waals surface area contributed by atoms with Gasteiger partial charge < -0.3 is 5.11 Å². The minimum Gasteiger partial charge on any atom is -0.393 e. The van der Waals surface area contributed by atoms with Crippen molar-refractivity contribution in [3.63, 3.8) is 0 Å². The molecule has 2 aromatic carbocycles. The predicted molar refractivity (Wildman–Crippen MR) is 122 cm³/mol. The highest BCUT2D eigenvalue weighted by atomic mass is 32.2. The van der Waals surface area contributed by atoms with Gasteiger partial charge >= 0.3 is 0 Å². The SMILES string of the molecule is CCC1(CC)c2ccccc2Sc2cc(S(=O)(=O)NC3CCC(O)CC3)c(C)cc21. The van der Waals surface area contributed by atoms with Gasteiger partial charge in [0.15, 0.2) is 0 Å². The van der Waals surface area contributed by atoms with Crippen molar-refractivity contribution in [1.29, 1.82) is 0 Å². The highest BCUT2D eigenvalue weighted by molar-refractivity contribution is 7.99. The van der Waals surface area contributed by atoms with Crippen molar-refractivity contribution in [2.45, 2.75) is 91.5 Å². The fraction of sp³-hybridized carbons (Fsp3) is 0.500. The zero-order valence-electron chi connectivity index (χ0n) is 17.9. The number of hydrogen-bond acceptors (Lipinski definition) is 4. The average molecular weight is 446 g/mol. The van der Waals surface area contributed by atoms with E-state index in [-0.39, 0.29) is 17.6 Å². The van der Waals surface area contributed by atoms with Crippen molar-refractivity contribution < 1.29 is 13.5 Å². The lowest BCUT2D eigenvalue weighted by Gasteiger charge is -2.40. The summed E-state index contributed by atoms with van der Waals surface area (Å²) in [4.78, 5) is 2.64. The summed E-state index contributed by atoms with van der Waals surface area (Å²) in [5, 5.41) is 9.71. The fourth-order valence-electron chi connectivity index (χ4n) is 5.12. The Kier molecular flexibility index (Phi) is 6.05. The van der Waals surface area contributed by atoms with Gasteiger partial charge in [0.05, 0.1) is 11.0 Å². The van der Waals surface area contributed by atoms with Gasteiger partial charge in [-0.25, -0.2) is 13.1 Å². The third-order valence-electron chi connectivity index (χ3n) is 6.93. The molecule has 4 rings (SSSR count). The largest absolute Gasteiger partial charge is 0.393 e. The summed E-state index contributed by atoms with van der Waals surface area (Å²) in [6.45, 7) is 6.35. The lowest BCUT2D eigenvalue weighted by atomic mass is 9.70. The number of sulfonamides is 1. The Balaban J connectivity index is 1.75. The first-order valence-corrected chi connectivity index (χ1v) is 13.2. The summed E-state index contributed by atoms with van der Waals surface area (Å²) >= 11 is 1.68. The monoisotopic (exact) mass is 445 g/mol. The van der Waals surface area contributed by atoms with Crippen LogP contribution in [0.25, 0.3) is 0 Å². The van der Waals surface area contributed by atoms with E-state index in [9.17, 15) is 13.5 Å². The predicted octanol–water partition coefficient (Wildman–Crippen LogP) is 5.15. The van der Waals surface area contributed by atoms with Gasteiger partial charge in [0.2, 0.25) is 10.0 Å². The number of aryl methyl sites for hydroxylation is 1. The second-order valence-electron chi connectivity index (χ2n) is 8.63. The van der Waals surface area contributed by atoms with Crippen LogP contribution < -0.4 is 4.72 Å². The smallest absolute Gasteiger partial charge is 0.241 e. The molecule has 1 fully saturated rings. The molecule has 0 spiro atoms. The maximum atomic E-state index is 13.3. The summed E-state index contributed by atoms with van der Waals surface area (Å²) in [6.07, 6.45) is 4.31. The summed E-state index contributed by atoms with van der Waals surface area (Å²) in [7, 11) is -3.61. The normalized spacial score (nSPS) is 22.9. The number of hydrogen-bond donors (Lipinski definition) is 2. The highest BCUT2D eigenvalue weighted by Gasteiger charge is 2.39. The first-order valence-electron chi connectivity index (χ1n) is 10.9. The third kappa shape index (κ3) is 3.72. The first kappa shape index (κ1) is 21.9. The molecule has 2 aromatic rings. The number of nitrogens with one attached hydrogen (secondary N) is 1. The third-order valence-corrected chi connectivity index (χ3v) is 9.73. The molecular weight excluding hydrogens is 414 g/mol. The second kappa shape index (κ2) is 8.30. The molecule has 4 nitrogen and oxygen atoms in total. The first-order chi connectivity index (χ1) is 14.3. The summed E-state index contributed by atoms with van der Waals surface area (Å²) in [6, 6.07) is 12.4. The molecule has 162 valence electrons. The molecule has 1 heterocycles. The number of benzene rings is 2. The fourth-order valence-corrected chi connectivity index (χ4v) is 8.05. The molecule has 2 aliphatic rings. The van der Waals surface area contributed by atoms with Crippen LogP contribution in [0.3, 0.4) is 0 Å². The molecule has 30 heavy (non-hydrogen) atoms. The van der Waals surface area contributed by atoms with E-state index in [1.54, 1.807) is 11.8 Å². The molecule has 0 bridgehead atoms. The van der Waals surface area contributed by atoms with Crippen LogP contribution in [0.4, 0.5) is 0 Å². The Morgan fingerprint density at radius 2 is 1.70 bits per heavy atom. The molecule has 1 aliphatic heterocycles. The van der Waals surface area contributed by atoms with Crippen LogP contribution in [0.1, 0.15) is 69.1 Å². The Morgan fingerprint density at radius 3 is 2.37 bits per heavy atom. The van der Waals surface area contributed by atoms with Crippen molar-refractivity contribution in [2.24, 2.45) is 0 Å². The van der Waals surface area contributed by atoms with Gasteiger partial charge in [0, 0.05) is 21.2 Å². The Bertz CT molecular complexity index is 1040. The molecule has 1 aliphatic carbocycles. The van der Waals surface area contributed by atoms with E-state index in [0.717, 1.165) is 23.3 Å². The van der Waals surface area contributed by atoms with E-state index in [4.69, 9.17) is 0 Å². The zero-order valence-corrected chi connectivity index (χ0v) is 19.6. The second-order valence-corrected chi connectivity index (χ2v) is 11.4. The minimum absolute atomic E-state index is 0.0861. The zero-order chi connectivity index (χ0) is 21.5. The van der Waals surface area contributed by atoms with Crippen LogP contribution >= 0.6 is 11.8 Å². The van der Waals surface area contributed by atoms with Crippen molar-refractivity contribution >= 4 is 21.8 Å². The van der Waals surface area contributed by atoms with Gasteiger partial charge in [-0.15, -0.1) is 0 Å². The van der Waals surface area contributed by atoms with Gasteiger partial charge in [0.1, 0.15) is 0 Å². The van der Waals surface area contributed by atoms with Crippen LogP contribution in [0.5, 0.6) is 0 Å². The van der Waals surface area contributed by atoms with Gasteiger partial charge in [-0.2, -0.15) is 0 Å². The molecule has 6 heteroatoms. The van der Waals surface area contributed by atoms with Gasteiger partial charge in [-0.3, -0.25) is 0 Å². The lowest BCUT2D eigenvalue weighted by molar-refractivity contribution is 0.120. The number of fused-ring (bicyclic) bond motifs is 2. The lowest BCUT2D eigenvalue weighted by Crippen LogP contribution is -2.39.